The van der Waals surface area contributed by atoms with E-state index < -0.39 is 0 Å². The second-order valence-electron chi connectivity index (χ2n) is 5.42. The van der Waals surface area contributed by atoms with Gasteiger partial charge in [-0.3, -0.25) is 0 Å². The Hall–Kier alpha value is -2.08. The smallest absolute Gasteiger partial charge is 0 e. The summed E-state index contributed by atoms with van der Waals surface area (Å²) in [7, 11) is 0. The van der Waals surface area contributed by atoms with E-state index in [2.05, 4.69) is 72.8 Å². The predicted octanol–water partition coefficient (Wildman–Crippen LogP) is 5.73. The molecule has 5 rings (SSSR count). The van der Waals surface area contributed by atoms with E-state index in [0.29, 0.717) is 0 Å². The molecule has 0 spiro atoms. The first-order chi connectivity index (χ1) is 9.93. The maximum absolute atomic E-state index is 2.25. The van der Waals surface area contributed by atoms with E-state index >= 15 is 0 Å². The SMILES string of the molecule is [Cu].c1cc2cccc3c4cccc5cccc(c(c1)c23)c54. The van der Waals surface area contributed by atoms with Crippen LogP contribution in [-0.4, -0.2) is 0 Å². The van der Waals surface area contributed by atoms with Crippen LogP contribution in [0.15, 0.2) is 72.8 Å². The van der Waals surface area contributed by atoms with Gasteiger partial charge in [0.1, 0.15) is 0 Å². The number of hydrogen-bond donors (Lipinski definition) is 0. The van der Waals surface area contributed by atoms with Gasteiger partial charge in [0.25, 0.3) is 0 Å². The molecule has 0 aromatic heterocycles. The van der Waals surface area contributed by atoms with E-state index in [4.69, 9.17) is 0 Å². The normalized spacial score (nSPS) is 11.4. The first-order valence-corrected chi connectivity index (χ1v) is 6.98. The van der Waals surface area contributed by atoms with Crippen molar-refractivity contribution < 1.29 is 17.1 Å². The topological polar surface area (TPSA) is 0 Å². The van der Waals surface area contributed by atoms with Crippen LogP contribution < -0.4 is 0 Å². The average molecular weight is 316 g/mol. The minimum atomic E-state index is 0. The number of rotatable bonds is 0. The van der Waals surface area contributed by atoms with Crippen LogP contribution in [0.3, 0.4) is 0 Å². The molecule has 0 aliphatic carbocycles. The third kappa shape index (κ3) is 1.56. The van der Waals surface area contributed by atoms with Crippen molar-refractivity contribution in [1.82, 2.24) is 0 Å². The Balaban J connectivity index is 0.00000115. The molecule has 103 valence electrons. The number of benzene rings is 5. The molecule has 0 aliphatic rings. The van der Waals surface area contributed by atoms with E-state index in [0.717, 1.165) is 0 Å². The van der Waals surface area contributed by atoms with Gasteiger partial charge in [0, 0.05) is 17.1 Å². The van der Waals surface area contributed by atoms with Gasteiger partial charge in [0.15, 0.2) is 0 Å². The Bertz CT molecular complexity index is 923. The monoisotopic (exact) mass is 315 g/mol. The summed E-state index contributed by atoms with van der Waals surface area (Å²) in [6.07, 6.45) is 0. The summed E-state index contributed by atoms with van der Waals surface area (Å²) in [4.78, 5) is 0. The molecular formula is C20H12Cu. The quantitative estimate of drug-likeness (QED) is 0.194. The molecule has 0 amide bonds. The standard InChI is InChI=1S/C20H12.Cu/c1-5-13-6-2-11-17-18-12-4-8-14-7-3-10-16(20(14)18)15(9-1)19(13)17;/h1-12H;. The molecule has 0 saturated carbocycles. The van der Waals surface area contributed by atoms with Crippen LogP contribution in [0.5, 0.6) is 0 Å². The third-order valence-electron chi connectivity index (χ3n) is 4.39. The molecule has 0 unspecified atom stereocenters. The Morgan fingerprint density at radius 1 is 0.381 bits per heavy atom. The molecule has 0 fully saturated rings. The second kappa shape index (κ2) is 4.46. The molecule has 0 aliphatic heterocycles. The van der Waals surface area contributed by atoms with Gasteiger partial charge in [-0.25, -0.2) is 0 Å². The van der Waals surface area contributed by atoms with Crippen LogP contribution in [0, 0.1) is 0 Å². The molecule has 1 radical (unpaired) electrons. The zero-order chi connectivity index (χ0) is 13.1. The van der Waals surface area contributed by atoms with E-state index in [-0.39, 0.29) is 17.1 Å². The molecule has 1 heteroatoms. The maximum atomic E-state index is 2.25. The summed E-state index contributed by atoms with van der Waals surface area (Å²) in [5, 5.41) is 10.9. The van der Waals surface area contributed by atoms with E-state index in [1.807, 2.05) is 0 Å². The van der Waals surface area contributed by atoms with Gasteiger partial charge in [-0.05, 0) is 43.1 Å². The Morgan fingerprint density at radius 3 is 0.952 bits per heavy atom. The Morgan fingerprint density at radius 2 is 0.667 bits per heavy atom. The molecule has 0 atom stereocenters. The summed E-state index contributed by atoms with van der Waals surface area (Å²) in [5.74, 6) is 0. The fourth-order valence-corrected chi connectivity index (χ4v) is 3.58. The summed E-state index contributed by atoms with van der Waals surface area (Å²) in [5.41, 5.74) is 0. The number of fused-ring (bicyclic) bond motifs is 2. The van der Waals surface area contributed by atoms with Crippen molar-refractivity contribution in [1.29, 1.82) is 0 Å². The molecule has 0 N–H and O–H groups in total. The summed E-state index contributed by atoms with van der Waals surface area (Å²) in [6.45, 7) is 0. The van der Waals surface area contributed by atoms with Crippen molar-refractivity contribution in [2.24, 2.45) is 0 Å². The summed E-state index contributed by atoms with van der Waals surface area (Å²) in [6, 6.07) is 26.4. The molecule has 0 heterocycles. The maximum Gasteiger partial charge on any atom is 0 e. The molecule has 21 heavy (non-hydrogen) atoms. The minimum Gasteiger partial charge on any atom is -0.0610 e. The number of hydrogen-bond acceptors (Lipinski definition) is 0. The molecule has 0 bridgehead atoms. The largest absolute Gasteiger partial charge is 0.0610 e. The van der Waals surface area contributed by atoms with Gasteiger partial charge >= 0.3 is 0 Å². The van der Waals surface area contributed by atoms with Gasteiger partial charge in [-0.1, -0.05) is 72.8 Å². The van der Waals surface area contributed by atoms with Crippen molar-refractivity contribution in [3.05, 3.63) is 72.8 Å². The van der Waals surface area contributed by atoms with Crippen LogP contribution in [0.2, 0.25) is 0 Å². The van der Waals surface area contributed by atoms with Crippen molar-refractivity contribution in [3.8, 4) is 0 Å². The molecule has 0 saturated heterocycles. The van der Waals surface area contributed by atoms with Crippen molar-refractivity contribution in [2.75, 3.05) is 0 Å². The first-order valence-electron chi connectivity index (χ1n) is 6.98. The van der Waals surface area contributed by atoms with Crippen molar-refractivity contribution in [3.63, 3.8) is 0 Å². The fourth-order valence-electron chi connectivity index (χ4n) is 3.58. The summed E-state index contributed by atoms with van der Waals surface area (Å²) >= 11 is 0. The van der Waals surface area contributed by atoms with Gasteiger partial charge in [-0.15, -0.1) is 0 Å². The van der Waals surface area contributed by atoms with Gasteiger partial charge in [0.05, 0.1) is 0 Å². The fraction of sp³-hybridized carbons (Fsp3) is 0. The average Bonchev–Trinajstić information content (AvgIpc) is 2.52. The van der Waals surface area contributed by atoms with Crippen LogP contribution in [0.1, 0.15) is 0 Å². The van der Waals surface area contributed by atoms with Crippen LogP contribution in [0.4, 0.5) is 0 Å². The van der Waals surface area contributed by atoms with Gasteiger partial charge < -0.3 is 0 Å². The second-order valence-corrected chi connectivity index (χ2v) is 5.42. The summed E-state index contributed by atoms with van der Waals surface area (Å²) < 4.78 is 0. The zero-order valence-corrected chi connectivity index (χ0v) is 12.2. The minimum absolute atomic E-state index is 0. The van der Waals surface area contributed by atoms with Gasteiger partial charge in [-0.2, -0.15) is 0 Å². The Kier molecular flexibility index (Phi) is 2.68. The molecule has 5 aromatic rings. The van der Waals surface area contributed by atoms with E-state index in [9.17, 15) is 0 Å². The zero-order valence-electron chi connectivity index (χ0n) is 11.2. The van der Waals surface area contributed by atoms with Gasteiger partial charge in [0.2, 0.25) is 0 Å². The first kappa shape index (κ1) is 12.6. The Labute approximate surface area is 133 Å². The molecular weight excluding hydrogens is 304 g/mol. The molecule has 0 nitrogen and oxygen atoms in total. The molecule has 5 aromatic carbocycles. The van der Waals surface area contributed by atoms with Crippen LogP contribution in [0.25, 0.3) is 43.1 Å². The van der Waals surface area contributed by atoms with Crippen molar-refractivity contribution >= 4 is 43.1 Å². The van der Waals surface area contributed by atoms with Crippen LogP contribution in [-0.2, 0) is 17.1 Å². The van der Waals surface area contributed by atoms with Crippen molar-refractivity contribution in [2.45, 2.75) is 0 Å². The predicted molar refractivity (Wildman–Crippen MR) is 87.7 cm³/mol. The van der Waals surface area contributed by atoms with Crippen LogP contribution >= 0.6 is 0 Å². The van der Waals surface area contributed by atoms with E-state index in [1.165, 1.54) is 43.1 Å². The van der Waals surface area contributed by atoms with E-state index in [1.54, 1.807) is 0 Å². The third-order valence-corrected chi connectivity index (χ3v) is 4.39.